The average Bonchev–Trinajstić information content (AvgIpc) is 3.22. The van der Waals surface area contributed by atoms with Crippen molar-refractivity contribution in [2.24, 2.45) is 5.73 Å². The normalized spacial score (nSPS) is 10.5. The second-order valence-corrected chi connectivity index (χ2v) is 7.22. The number of nitrogens with zero attached hydrogens (tertiary/aromatic N) is 2. The summed E-state index contributed by atoms with van der Waals surface area (Å²) in [5.74, 6) is -0.216. The lowest BCUT2D eigenvalue weighted by atomic mass is 10.1. The highest BCUT2D eigenvalue weighted by Gasteiger charge is 2.11. The summed E-state index contributed by atoms with van der Waals surface area (Å²) in [5, 5.41) is 7.35. The molecule has 160 valence electrons. The summed E-state index contributed by atoms with van der Waals surface area (Å²) >= 11 is 0. The third-order valence-electron chi connectivity index (χ3n) is 4.99. The highest BCUT2D eigenvalue weighted by Crippen LogP contribution is 2.19. The van der Waals surface area contributed by atoms with Crippen LogP contribution in [0.2, 0.25) is 0 Å². The van der Waals surface area contributed by atoms with Crippen molar-refractivity contribution in [3.05, 3.63) is 77.2 Å². The monoisotopic (exact) mass is 430 g/mol. The van der Waals surface area contributed by atoms with Gasteiger partial charge < -0.3 is 10.6 Å². The fraction of sp³-hybridized carbons (Fsp3) is 0.304. The molecule has 3 aromatic rings. The molecule has 1 aromatic heterocycles. The molecule has 5 nitrogen and oxygen atoms in total. The molecule has 0 unspecified atom stereocenters. The number of unbranched alkanes of at least 4 members (excludes halogenated alkanes) is 2. The Morgan fingerprint density at radius 1 is 1.07 bits per heavy atom. The van der Waals surface area contributed by atoms with E-state index >= 15 is 0 Å². The van der Waals surface area contributed by atoms with Crippen LogP contribution in [0.1, 0.15) is 40.9 Å². The molecule has 1 heterocycles. The second-order valence-electron chi connectivity index (χ2n) is 7.22. The van der Waals surface area contributed by atoms with Crippen LogP contribution in [0.5, 0.6) is 0 Å². The summed E-state index contributed by atoms with van der Waals surface area (Å²) in [6.45, 7) is 1.20. The van der Waals surface area contributed by atoms with Crippen LogP contribution in [0.3, 0.4) is 0 Å². The van der Waals surface area contributed by atoms with Crippen LogP contribution in [0.25, 0.3) is 11.3 Å². The van der Waals surface area contributed by atoms with Crippen molar-refractivity contribution >= 4 is 18.3 Å². The molecule has 0 aliphatic carbocycles. The van der Waals surface area contributed by atoms with Crippen LogP contribution in [0.4, 0.5) is 4.39 Å². The Labute approximate surface area is 182 Å². The lowest BCUT2D eigenvalue weighted by Gasteiger charge is -2.17. The molecule has 0 aliphatic heterocycles. The lowest BCUT2D eigenvalue weighted by molar-refractivity contribution is 0.0792. The molecule has 2 aromatic carbocycles. The molecule has 30 heavy (non-hydrogen) atoms. The van der Waals surface area contributed by atoms with E-state index in [9.17, 15) is 9.18 Å². The first-order valence-electron chi connectivity index (χ1n) is 9.91. The molecule has 0 atom stereocenters. The minimum atomic E-state index is -0.250. The van der Waals surface area contributed by atoms with E-state index in [1.165, 1.54) is 12.1 Å². The van der Waals surface area contributed by atoms with Gasteiger partial charge in [0, 0.05) is 37.0 Å². The Balaban J connectivity index is 0.00000320. The Morgan fingerprint density at radius 2 is 1.77 bits per heavy atom. The highest BCUT2D eigenvalue weighted by atomic mass is 35.5. The van der Waals surface area contributed by atoms with E-state index in [0.717, 1.165) is 54.7 Å². The van der Waals surface area contributed by atoms with Crippen molar-refractivity contribution in [3.8, 4) is 11.3 Å². The molecule has 0 saturated carbocycles. The van der Waals surface area contributed by atoms with Crippen LogP contribution in [0, 0.1) is 5.82 Å². The number of halogens is 2. The summed E-state index contributed by atoms with van der Waals surface area (Å²) in [6, 6.07) is 15.8. The quantitative estimate of drug-likeness (QED) is 0.488. The number of rotatable bonds is 9. The van der Waals surface area contributed by atoms with E-state index in [-0.39, 0.29) is 24.1 Å². The van der Waals surface area contributed by atoms with E-state index < -0.39 is 0 Å². The van der Waals surface area contributed by atoms with Crippen molar-refractivity contribution < 1.29 is 9.18 Å². The van der Waals surface area contributed by atoms with Crippen LogP contribution >= 0.6 is 12.4 Å². The molecule has 0 radical (unpaired) electrons. The van der Waals surface area contributed by atoms with Crippen molar-refractivity contribution in [3.63, 3.8) is 0 Å². The van der Waals surface area contributed by atoms with Gasteiger partial charge in [-0.25, -0.2) is 4.39 Å². The smallest absolute Gasteiger partial charge is 0.253 e. The van der Waals surface area contributed by atoms with Gasteiger partial charge in [0.05, 0.1) is 5.69 Å². The Hall–Kier alpha value is -2.70. The number of H-pyrrole nitrogens is 1. The standard InChI is InChI=1S/C23H27FN4O.ClH/c1-28(23(29)19-8-6-17(16-25)7-9-19)14-4-2-3-5-21-15-22(27-26-21)18-10-12-20(24)13-11-18;/h6-13,15H,2-5,14,16,25H2,1H3,(H,26,27);1H. The van der Waals surface area contributed by atoms with Crippen molar-refractivity contribution in [2.45, 2.75) is 32.2 Å². The van der Waals surface area contributed by atoms with Crippen LogP contribution in [0.15, 0.2) is 54.6 Å². The molecular weight excluding hydrogens is 403 g/mol. The number of carbonyl (C=O) groups is 1. The summed E-state index contributed by atoms with van der Waals surface area (Å²) in [5.41, 5.74) is 10.1. The number of aryl methyl sites for hydroxylation is 1. The maximum atomic E-state index is 13.0. The second kappa shape index (κ2) is 11.5. The van der Waals surface area contributed by atoms with Crippen molar-refractivity contribution in [1.82, 2.24) is 15.1 Å². The molecule has 3 rings (SSSR count). The van der Waals surface area contributed by atoms with E-state index in [4.69, 9.17) is 5.73 Å². The van der Waals surface area contributed by atoms with E-state index in [1.54, 1.807) is 17.0 Å². The summed E-state index contributed by atoms with van der Waals surface area (Å²) < 4.78 is 13.0. The van der Waals surface area contributed by atoms with Gasteiger partial charge in [-0.1, -0.05) is 18.6 Å². The first-order valence-corrected chi connectivity index (χ1v) is 9.91. The van der Waals surface area contributed by atoms with E-state index in [2.05, 4.69) is 10.2 Å². The number of nitrogens with one attached hydrogen (secondary N) is 1. The van der Waals surface area contributed by atoms with Gasteiger partial charge in [0.1, 0.15) is 5.82 Å². The molecule has 7 heteroatoms. The van der Waals surface area contributed by atoms with E-state index in [1.807, 2.05) is 37.4 Å². The average molecular weight is 431 g/mol. The Bertz CT molecular complexity index is 925. The fourth-order valence-electron chi connectivity index (χ4n) is 3.20. The molecular formula is C23H28ClFN4O. The first-order chi connectivity index (χ1) is 14.1. The number of aromatic amines is 1. The topological polar surface area (TPSA) is 75.0 Å². The summed E-state index contributed by atoms with van der Waals surface area (Å²) in [7, 11) is 1.84. The largest absolute Gasteiger partial charge is 0.342 e. The number of hydrogen-bond donors (Lipinski definition) is 2. The molecule has 0 aliphatic rings. The summed E-state index contributed by atoms with van der Waals surface area (Å²) in [6.07, 6.45) is 3.88. The minimum Gasteiger partial charge on any atom is -0.342 e. The Kier molecular flexibility index (Phi) is 9.02. The van der Waals surface area contributed by atoms with Gasteiger partial charge in [-0.3, -0.25) is 9.89 Å². The van der Waals surface area contributed by atoms with Crippen LogP contribution in [-0.2, 0) is 13.0 Å². The zero-order valence-electron chi connectivity index (χ0n) is 17.1. The number of amides is 1. The third-order valence-corrected chi connectivity index (χ3v) is 4.99. The van der Waals surface area contributed by atoms with Gasteiger partial charge in [-0.05, 0) is 67.3 Å². The van der Waals surface area contributed by atoms with Gasteiger partial charge >= 0.3 is 0 Å². The maximum Gasteiger partial charge on any atom is 0.253 e. The molecule has 0 spiro atoms. The number of hydrogen-bond acceptors (Lipinski definition) is 3. The molecule has 0 saturated heterocycles. The summed E-state index contributed by atoms with van der Waals surface area (Å²) in [4.78, 5) is 14.2. The molecule has 1 amide bonds. The maximum absolute atomic E-state index is 13.0. The molecule has 0 bridgehead atoms. The fourth-order valence-corrected chi connectivity index (χ4v) is 3.20. The molecule has 0 fully saturated rings. The predicted octanol–water partition coefficient (Wildman–Crippen LogP) is 4.58. The van der Waals surface area contributed by atoms with Gasteiger partial charge in [-0.15, -0.1) is 12.4 Å². The number of nitrogens with two attached hydrogens (primary N) is 1. The molecule has 3 N–H and O–H groups in total. The van der Waals surface area contributed by atoms with Gasteiger partial charge in [0.2, 0.25) is 0 Å². The third kappa shape index (κ3) is 6.40. The van der Waals surface area contributed by atoms with Crippen molar-refractivity contribution in [1.29, 1.82) is 0 Å². The van der Waals surface area contributed by atoms with Gasteiger partial charge in [0.15, 0.2) is 0 Å². The lowest BCUT2D eigenvalue weighted by Crippen LogP contribution is -2.27. The number of aromatic nitrogens is 2. The van der Waals surface area contributed by atoms with Crippen LogP contribution < -0.4 is 5.73 Å². The predicted molar refractivity (Wildman–Crippen MR) is 120 cm³/mol. The Morgan fingerprint density at radius 3 is 2.43 bits per heavy atom. The van der Waals surface area contributed by atoms with Crippen molar-refractivity contribution in [2.75, 3.05) is 13.6 Å². The number of carbonyl (C=O) groups excluding carboxylic acids is 1. The van der Waals surface area contributed by atoms with Gasteiger partial charge in [0.25, 0.3) is 5.91 Å². The highest BCUT2D eigenvalue weighted by molar-refractivity contribution is 5.94. The van der Waals surface area contributed by atoms with E-state index in [0.29, 0.717) is 12.1 Å². The number of benzene rings is 2. The minimum absolute atomic E-state index is 0. The van der Waals surface area contributed by atoms with Crippen LogP contribution in [-0.4, -0.2) is 34.6 Å². The SMILES string of the molecule is CN(CCCCCc1cc(-c2ccc(F)cc2)n[nH]1)C(=O)c1ccc(CN)cc1.Cl. The van der Waals surface area contributed by atoms with Gasteiger partial charge in [-0.2, -0.15) is 5.10 Å². The zero-order valence-corrected chi connectivity index (χ0v) is 17.9. The zero-order chi connectivity index (χ0) is 20.6. The first kappa shape index (κ1) is 23.6.